The van der Waals surface area contributed by atoms with Crippen molar-refractivity contribution in [3.05, 3.63) is 77.2 Å². The Bertz CT molecular complexity index is 981. The lowest BCUT2D eigenvalue weighted by Gasteiger charge is -2.27. The number of para-hydroxylation sites is 1. The first-order valence-corrected chi connectivity index (χ1v) is 10.5. The number of benzene rings is 2. The van der Waals surface area contributed by atoms with E-state index in [-0.39, 0.29) is 12.2 Å². The number of hydrogen-bond donors (Lipinski definition) is 0. The molecular formula is C21H21NO5S. The highest BCUT2D eigenvalue weighted by molar-refractivity contribution is 7.94. The van der Waals surface area contributed by atoms with E-state index in [1.807, 2.05) is 31.2 Å². The third kappa shape index (κ3) is 5.07. The highest BCUT2D eigenvalue weighted by atomic mass is 32.2. The van der Waals surface area contributed by atoms with Crippen molar-refractivity contribution in [3.63, 3.8) is 0 Å². The lowest BCUT2D eigenvalue weighted by molar-refractivity contribution is -0.147. The summed E-state index contributed by atoms with van der Waals surface area (Å²) in [5, 5.41) is 1.12. The Morgan fingerprint density at radius 2 is 1.75 bits per heavy atom. The molecule has 0 aliphatic carbocycles. The van der Waals surface area contributed by atoms with Crippen LogP contribution in [0.25, 0.3) is 0 Å². The maximum atomic E-state index is 12.8. The van der Waals surface area contributed by atoms with Gasteiger partial charge in [0.1, 0.15) is 0 Å². The zero-order valence-electron chi connectivity index (χ0n) is 15.4. The summed E-state index contributed by atoms with van der Waals surface area (Å²) in [6.07, 6.45) is 1.55. The monoisotopic (exact) mass is 399 g/mol. The van der Waals surface area contributed by atoms with Crippen molar-refractivity contribution in [1.29, 1.82) is 0 Å². The molecular weight excluding hydrogens is 378 g/mol. The fourth-order valence-corrected chi connectivity index (χ4v) is 4.23. The molecule has 0 aromatic heterocycles. The number of sulfone groups is 1. The Labute approximate surface area is 164 Å². The molecule has 0 saturated carbocycles. The summed E-state index contributed by atoms with van der Waals surface area (Å²) in [6, 6.07) is 15.6. The SMILES string of the molecule is Cc1ccc(CC(=O)OCC(=O)N(c2ccccc2)[C@@H]2C=CS(=O)(=O)C2)cc1. The molecule has 7 heteroatoms. The Morgan fingerprint density at radius 1 is 1.07 bits per heavy atom. The van der Waals surface area contributed by atoms with Crippen LogP contribution in [0.15, 0.2) is 66.1 Å². The second-order valence-electron chi connectivity index (χ2n) is 6.65. The molecule has 0 bridgehead atoms. The number of nitrogens with zero attached hydrogens (tertiary/aromatic N) is 1. The molecule has 0 fully saturated rings. The number of ether oxygens (including phenoxy) is 1. The number of amides is 1. The summed E-state index contributed by atoms with van der Waals surface area (Å²) >= 11 is 0. The highest BCUT2D eigenvalue weighted by Gasteiger charge is 2.31. The van der Waals surface area contributed by atoms with Crippen LogP contribution in [0.1, 0.15) is 11.1 Å². The molecule has 0 unspecified atom stereocenters. The molecule has 1 aliphatic rings. The number of esters is 1. The van der Waals surface area contributed by atoms with E-state index >= 15 is 0 Å². The number of aryl methyl sites for hydroxylation is 1. The lowest BCUT2D eigenvalue weighted by atomic mass is 10.1. The summed E-state index contributed by atoms with van der Waals surface area (Å²) in [7, 11) is -3.34. The highest BCUT2D eigenvalue weighted by Crippen LogP contribution is 2.22. The van der Waals surface area contributed by atoms with Crippen LogP contribution in [0.5, 0.6) is 0 Å². The third-order valence-electron chi connectivity index (χ3n) is 4.37. The van der Waals surface area contributed by atoms with Crippen LogP contribution in [-0.2, 0) is 30.6 Å². The van der Waals surface area contributed by atoms with Gasteiger partial charge in [-0.3, -0.25) is 9.59 Å². The molecule has 28 heavy (non-hydrogen) atoms. The van der Waals surface area contributed by atoms with Crippen molar-refractivity contribution < 1.29 is 22.7 Å². The minimum atomic E-state index is -3.34. The van der Waals surface area contributed by atoms with E-state index in [0.29, 0.717) is 5.69 Å². The first-order valence-electron chi connectivity index (χ1n) is 8.83. The quantitative estimate of drug-likeness (QED) is 0.697. The molecule has 6 nitrogen and oxygen atoms in total. The molecule has 0 saturated heterocycles. The molecule has 146 valence electrons. The van der Waals surface area contributed by atoms with Crippen molar-refractivity contribution in [1.82, 2.24) is 0 Å². The van der Waals surface area contributed by atoms with Crippen molar-refractivity contribution in [3.8, 4) is 0 Å². The summed E-state index contributed by atoms with van der Waals surface area (Å²) in [5.41, 5.74) is 2.44. The molecule has 0 spiro atoms. The normalized spacial score (nSPS) is 17.2. The minimum Gasteiger partial charge on any atom is -0.455 e. The molecule has 1 heterocycles. The van der Waals surface area contributed by atoms with Crippen molar-refractivity contribution in [2.24, 2.45) is 0 Å². The predicted molar refractivity (Wildman–Crippen MR) is 106 cm³/mol. The van der Waals surface area contributed by atoms with Gasteiger partial charge in [0.15, 0.2) is 16.4 Å². The zero-order chi connectivity index (χ0) is 20.1. The molecule has 0 radical (unpaired) electrons. The summed E-state index contributed by atoms with van der Waals surface area (Å²) in [5.74, 6) is -1.18. The zero-order valence-corrected chi connectivity index (χ0v) is 16.3. The number of anilines is 1. The summed E-state index contributed by atoms with van der Waals surface area (Å²) < 4.78 is 28.7. The van der Waals surface area contributed by atoms with Gasteiger partial charge >= 0.3 is 5.97 Å². The standard InChI is InChI=1S/C21H21NO5S/c1-16-7-9-17(10-8-16)13-21(24)27-14-20(23)22(18-5-3-2-4-6-18)19-11-12-28(25,26)15-19/h2-12,19H,13-15H2,1H3/t19-/m1/s1. The summed E-state index contributed by atoms with van der Waals surface area (Å²) in [4.78, 5) is 26.2. The average Bonchev–Trinajstić information content (AvgIpc) is 3.02. The number of carbonyl (C=O) groups is 2. The predicted octanol–water partition coefficient (Wildman–Crippen LogP) is 2.42. The van der Waals surface area contributed by atoms with Gasteiger partial charge < -0.3 is 9.64 Å². The van der Waals surface area contributed by atoms with Crippen LogP contribution < -0.4 is 4.90 Å². The van der Waals surface area contributed by atoms with E-state index < -0.39 is 34.4 Å². The Hall–Kier alpha value is -2.93. The summed E-state index contributed by atoms with van der Waals surface area (Å²) in [6.45, 7) is 1.50. The maximum absolute atomic E-state index is 12.8. The van der Waals surface area contributed by atoms with Crippen molar-refractivity contribution in [2.75, 3.05) is 17.3 Å². The van der Waals surface area contributed by atoms with Gasteiger partial charge in [-0.05, 0) is 30.7 Å². The van der Waals surface area contributed by atoms with Gasteiger partial charge in [0.25, 0.3) is 5.91 Å². The van der Waals surface area contributed by atoms with E-state index in [1.54, 1.807) is 30.3 Å². The van der Waals surface area contributed by atoms with Crippen LogP contribution in [0, 0.1) is 6.92 Å². The van der Waals surface area contributed by atoms with E-state index in [2.05, 4.69) is 0 Å². The molecule has 0 N–H and O–H groups in total. The third-order valence-corrected chi connectivity index (χ3v) is 5.75. The maximum Gasteiger partial charge on any atom is 0.310 e. The second-order valence-corrected chi connectivity index (χ2v) is 8.58. The van der Waals surface area contributed by atoms with E-state index in [1.165, 1.54) is 11.0 Å². The Kier molecular flexibility index (Phi) is 5.94. The van der Waals surface area contributed by atoms with Gasteiger partial charge in [-0.1, -0.05) is 48.0 Å². The Morgan fingerprint density at radius 3 is 2.36 bits per heavy atom. The molecule has 1 amide bonds. The number of carbonyl (C=O) groups excluding carboxylic acids is 2. The lowest BCUT2D eigenvalue weighted by Crippen LogP contribution is -2.43. The molecule has 2 aromatic rings. The van der Waals surface area contributed by atoms with Crippen LogP contribution in [0.4, 0.5) is 5.69 Å². The second kappa shape index (κ2) is 8.39. The fourth-order valence-electron chi connectivity index (χ4n) is 2.96. The van der Waals surface area contributed by atoms with Crippen LogP contribution in [-0.4, -0.2) is 38.7 Å². The molecule has 2 aromatic carbocycles. The van der Waals surface area contributed by atoms with Crippen molar-refractivity contribution >= 4 is 27.4 Å². The van der Waals surface area contributed by atoms with E-state index in [9.17, 15) is 18.0 Å². The average molecular weight is 399 g/mol. The van der Waals surface area contributed by atoms with Gasteiger partial charge in [0.2, 0.25) is 0 Å². The largest absolute Gasteiger partial charge is 0.455 e. The van der Waals surface area contributed by atoms with Gasteiger partial charge in [0.05, 0.1) is 18.2 Å². The van der Waals surface area contributed by atoms with Gasteiger partial charge in [-0.15, -0.1) is 0 Å². The number of hydrogen-bond acceptors (Lipinski definition) is 5. The first kappa shape index (κ1) is 19.8. The topological polar surface area (TPSA) is 80.8 Å². The molecule has 3 rings (SSSR count). The van der Waals surface area contributed by atoms with Crippen LogP contribution >= 0.6 is 0 Å². The van der Waals surface area contributed by atoms with Crippen molar-refractivity contribution in [2.45, 2.75) is 19.4 Å². The van der Waals surface area contributed by atoms with E-state index in [4.69, 9.17) is 4.74 Å². The Balaban J connectivity index is 1.67. The van der Waals surface area contributed by atoms with Crippen LogP contribution in [0.3, 0.4) is 0 Å². The molecule has 1 aliphatic heterocycles. The van der Waals surface area contributed by atoms with E-state index in [0.717, 1.165) is 16.5 Å². The van der Waals surface area contributed by atoms with Gasteiger partial charge in [0, 0.05) is 11.1 Å². The van der Waals surface area contributed by atoms with Gasteiger partial charge in [-0.25, -0.2) is 8.42 Å². The van der Waals surface area contributed by atoms with Crippen LogP contribution in [0.2, 0.25) is 0 Å². The van der Waals surface area contributed by atoms with Gasteiger partial charge in [-0.2, -0.15) is 0 Å². The minimum absolute atomic E-state index is 0.0661. The smallest absolute Gasteiger partial charge is 0.310 e. The molecule has 1 atom stereocenters. The number of rotatable bonds is 6. The first-order chi connectivity index (χ1) is 13.3. The fraction of sp³-hybridized carbons (Fsp3) is 0.238.